The summed E-state index contributed by atoms with van der Waals surface area (Å²) in [5.74, 6) is -1.01. The van der Waals surface area contributed by atoms with Crippen LogP contribution < -0.4 is 9.62 Å². The van der Waals surface area contributed by atoms with Gasteiger partial charge in [-0.25, -0.2) is 12.8 Å². The molecule has 152 valence electrons. The second kappa shape index (κ2) is 8.73. The molecule has 2 aromatic rings. The fourth-order valence-corrected chi connectivity index (χ4v) is 4.50. The molecular formula is C21H27FN2O3S. The number of halogens is 1. The molecule has 28 heavy (non-hydrogen) atoms. The first kappa shape index (κ1) is 21.9. The Labute approximate surface area is 166 Å². The highest BCUT2D eigenvalue weighted by atomic mass is 32.2. The third-order valence-corrected chi connectivity index (χ3v) is 5.92. The van der Waals surface area contributed by atoms with E-state index >= 15 is 0 Å². The van der Waals surface area contributed by atoms with Gasteiger partial charge in [0.05, 0.1) is 18.0 Å². The molecule has 2 atom stereocenters. The topological polar surface area (TPSA) is 66.5 Å². The molecule has 0 aliphatic rings. The van der Waals surface area contributed by atoms with Gasteiger partial charge >= 0.3 is 0 Å². The number of sulfonamides is 1. The van der Waals surface area contributed by atoms with E-state index in [1.54, 1.807) is 0 Å². The number of nitrogens with zero attached hydrogens (tertiary/aromatic N) is 1. The molecule has 0 aliphatic carbocycles. The molecule has 0 heterocycles. The highest BCUT2D eigenvalue weighted by Crippen LogP contribution is 2.24. The van der Waals surface area contributed by atoms with Crippen LogP contribution in [0.25, 0.3) is 0 Å². The highest BCUT2D eigenvalue weighted by molar-refractivity contribution is 7.92. The van der Waals surface area contributed by atoms with Crippen molar-refractivity contribution in [2.45, 2.75) is 46.2 Å². The minimum Gasteiger partial charge on any atom is -0.347 e. The summed E-state index contributed by atoms with van der Waals surface area (Å²) < 4.78 is 39.2. The largest absolute Gasteiger partial charge is 0.347 e. The van der Waals surface area contributed by atoms with Gasteiger partial charge in [0.15, 0.2) is 0 Å². The standard InChI is InChI=1S/C21H27FN2O3S/c1-6-20(19-11-10-14(2)12-15(19)3)23-21(25)16(4)24(28(5,26)27)18-9-7-8-17(22)13-18/h7-13,16,20H,6H2,1-5H3,(H,23,25)/t16-,20-/m1/s1. The number of carbonyl (C=O) groups excluding carboxylic acids is 1. The fourth-order valence-electron chi connectivity index (χ4n) is 3.33. The smallest absolute Gasteiger partial charge is 0.244 e. The Morgan fingerprint density at radius 1 is 1.18 bits per heavy atom. The van der Waals surface area contributed by atoms with Gasteiger partial charge in [-0.1, -0.05) is 36.8 Å². The van der Waals surface area contributed by atoms with Crippen molar-refractivity contribution in [2.24, 2.45) is 0 Å². The fraction of sp³-hybridized carbons (Fsp3) is 0.381. The Hall–Kier alpha value is -2.41. The molecule has 2 aromatic carbocycles. The van der Waals surface area contributed by atoms with E-state index in [1.807, 2.05) is 39.0 Å². The highest BCUT2D eigenvalue weighted by Gasteiger charge is 2.30. The second-order valence-corrected chi connectivity index (χ2v) is 8.90. The summed E-state index contributed by atoms with van der Waals surface area (Å²) in [6, 6.07) is 9.94. The van der Waals surface area contributed by atoms with Gasteiger partial charge in [-0.2, -0.15) is 0 Å². The number of nitrogens with one attached hydrogen (secondary N) is 1. The van der Waals surface area contributed by atoms with Gasteiger partial charge in [-0.3, -0.25) is 9.10 Å². The maximum atomic E-state index is 13.6. The lowest BCUT2D eigenvalue weighted by Crippen LogP contribution is -2.48. The molecule has 5 nitrogen and oxygen atoms in total. The van der Waals surface area contributed by atoms with Crippen molar-refractivity contribution in [3.8, 4) is 0 Å². The van der Waals surface area contributed by atoms with Crippen LogP contribution in [0.1, 0.15) is 43.0 Å². The summed E-state index contributed by atoms with van der Waals surface area (Å²) in [6.45, 7) is 7.43. The summed E-state index contributed by atoms with van der Waals surface area (Å²) in [5, 5.41) is 2.94. The summed E-state index contributed by atoms with van der Waals surface area (Å²) in [5.41, 5.74) is 3.30. The lowest BCUT2D eigenvalue weighted by Gasteiger charge is -2.30. The molecule has 1 amide bonds. The first-order valence-electron chi connectivity index (χ1n) is 9.17. The van der Waals surface area contributed by atoms with Crippen LogP contribution in [-0.2, 0) is 14.8 Å². The van der Waals surface area contributed by atoms with Crippen molar-refractivity contribution in [3.05, 3.63) is 65.0 Å². The number of anilines is 1. The minimum atomic E-state index is -3.79. The predicted molar refractivity (Wildman–Crippen MR) is 110 cm³/mol. The average molecular weight is 407 g/mol. The molecule has 0 aliphatic heterocycles. The van der Waals surface area contributed by atoms with Gasteiger partial charge in [-0.15, -0.1) is 0 Å². The summed E-state index contributed by atoms with van der Waals surface area (Å²) >= 11 is 0. The molecule has 0 radical (unpaired) electrons. The van der Waals surface area contributed by atoms with E-state index in [-0.39, 0.29) is 11.7 Å². The van der Waals surface area contributed by atoms with Crippen LogP contribution in [-0.4, -0.2) is 26.6 Å². The molecule has 1 N–H and O–H groups in total. The van der Waals surface area contributed by atoms with E-state index in [9.17, 15) is 17.6 Å². The van der Waals surface area contributed by atoms with Gasteiger partial charge < -0.3 is 5.32 Å². The summed E-state index contributed by atoms with van der Waals surface area (Å²) in [4.78, 5) is 12.9. The summed E-state index contributed by atoms with van der Waals surface area (Å²) in [7, 11) is -3.79. The zero-order valence-corrected chi connectivity index (χ0v) is 17.7. The van der Waals surface area contributed by atoms with E-state index in [0.29, 0.717) is 6.42 Å². The molecule has 0 saturated carbocycles. The lowest BCUT2D eigenvalue weighted by molar-refractivity contribution is -0.122. The van der Waals surface area contributed by atoms with Gasteiger partial charge in [0.25, 0.3) is 0 Å². The Morgan fingerprint density at radius 2 is 1.86 bits per heavy atom. The summed E-state index contributed by atoms with van der Waals surface area (Å²) in [6.07, 6.45) is 1.66. The third-order valence-electron chi connectivity index (χ3n) is 4.68. The minimum absolute atomic E-state index is 0.115. The predicted octanol–water partition coefficient (Wildman–Crippen LogP) is 3.86. The van der Waals surface area contributed by atoms with E-state index in [4.69, 9.17) is 0 Å². The van der Waals surface area contributed by atoms with Crippen molar-refractivity contribution in [1.29, 1.82) is 0 Å². The number of hydrogen-bond donors (Lipinski definition) is 1. The van der Waals surface area contributed by atoms with Gasteiger partial charge in [0.2, 0.25) is 15.9 Å². The van der Waals surface area contributed by atoms with Crippen LogP contribution in [0.3, 0.4) is 0 Å². The quantitative estimate of drug-likeness (QED) is 0.759. The maximum absolute atomic E-state index is 13.6. The second-order valence-electron chi connectivity index (χ2n) is 7.04. The normalized spacial score (nSPS) is 13.6. The Bertz CT molecular complexity index is 960. The van der Waals surface area contributed by atoms with Gasteiger partial charge in [0.1, 0.15) is 11.9 Å². The first-order chi connectivity index (χ1) is 13.0. The molecule has 0 aromatic heterocycles. The molecular weight excluding hydrogens is 379 g/mol. The molecule has 0 fully saturated rings. The van der Waals surface area contributed by atoms with E-state index < -0.39 is 27.8 Å². The average Bonchev–Trinajstić information content (AvgIpc) is 2.59. The van der Waals surface area contributed by atoms with Gasteiger partial charge in [-0.05, 0) is 56.5 Å². The molecule has 0 bridgehead atoms. The van der Waals surface area contributed by atoms with E-state index in [0.717, 1.165) is 33.3 Å². The van der Waals surface area contributed by atoms with Crippen molar-refractivity contribution < 1.29 is 17.6 Å². The van der Waals surface area contributed by atoms with E-state index in [2.05, 4.69) is 5.32 Å². The Morgan fingerprint density at radius 3 is 2.39 bits per heavy atom. The zero-order valence-electron chi connectivity index (χ0n) is 16.9. The number of rotatable bonds is 7. The third kappa shape index (κ3) is 5.10. The Balaban J connectivity index is 2.31. The molecule has 0 spiro atoms. The van der Waals surface area contributed by atoms with E-state index in [1.165, 1.54) is 25.1 Å². The van der Waals surface area contributed by atoms with Crippen LogP contribution in [0.2, 0.25) is 0 Å². The monoisotopic (exact) mass is 406 g/mol. The maximum Gasteiger partial charge on any atom is 0.244 e. The van der Waals surface area contributed by atoms with Crippen LogP contribution in [0.15, 0.2) is 42.5 Å². The Kier molecular flexibility index (Phi) is 6.82. The number of aryl methyl sites for hydroxylation is 2. The van der Waals surface area contributed by atoms with Crippen molar-refractivity contribution >= 4 is 21.6 Å². The van der Waals surface area contributed by atoms with Gasteiger partial charge in [0, 0.05) is 0 Å². The van der Waals surface area contributed by atoms with Crippen molar-refractivity contribution in [3.63, 3.8) is 0 Å². The first-order valence-corrected chi connectivity index (χ1v) is 11.0. The van der Waals surface area contributed by atoms with Crippen LogP contribution in [0.4, 0.5) is 10.1 Å². The van der Waals surface area contributed by atoms with Crippen LogP contribution in [0.5, 0.6) is 0 Å². The number of hydrogen-bond acceptors (Lipinski definition) is 3. The molecule has 2 rings (SSSR count). The van der Waals surface area contributed by atoms with Crippen molar-refractivity contribution in [1.82, 2.24) is 5.32 Å². The number of carbonyl (C=O) groups is 1. The molecule has 0 unspecified atom stereocenters. The zero-order chi connectivity index (χ0) is 21.1. The van der Waals surface area contributed by atoms with Crippen molar-refractivity contribution in [2.75, 3.05) is 10.6 Å². The molecule has 0 saturated heterocycles. The molecule has 7 heteroatoms. The number of amides is 1. The SMILES string of the molecule is CC[C@@H](NC(=O)[C@@H](C)N(c1cccc(F)c1)S(C)(=O)=O)c1ccc(C)cc1C. The van der Waals surface area contributed by atoms with Crippen LogP contribution >= 0.6 is 0 Å². The number of benzene rings is 2. The van der Waals surface area contributed by atoms with Crippen LogP contribution in [0, 0.1) is 19.7 Å². The lowest BCUT2D eigenvalue weighted by atomic mass is 9.97.